The maximum Gasteiger partial charge on any atom is 0.0630 e. The molecule has 1 aliphatic carbocycles. The Morgan fingerprint density at radius 3 is 2.81 bits per heavy atom. The van der Waals surface area contributed by atoms with Crippen molar-refractivity contribution in [2.24, 2.45) is 12.5 Å². The van der Waals surface area contributed by atoms with Crippen molar-refractivity contribution in [1.29, 1.82) is 0 Å². The van der Waals surface area contributed by atoms with Crippen molar-refractivity contribution in [2.75, 3.05) is 6.54 Å². The van der Waals surface area contributed by atoms with Crippen LogP contribution in [-0.4, -0.2) is 22.4 Å². The lowest BCUT2D eigenvalue weighted by Crippen LogP contribution is -2.34. The van der Waals surface area contributed by atoms with Crippen molar-refractivity contribution < 1.29 is 0 Å². The van der Waals surface area contributed by atoms with Crippen LogP contribution in [0.4, 0.5) is 0 Å². The van der Waals surface area contributed by atoms with Crippen LogP contribution in [0.2, 0.25) is 0 Å². The molecule has 1 fully saturated rings. The van der Waals surface area contributed by atoms with E-state index in [1.54, 1.807) is 0 Å². The minimum Gasteiger partial charge on any atom is -0.313 e. The van der Waals surface area contributed by atoms with Crippen molar-refractivity contribution in [2.45, 2.75) is 45.6 Å². The molecule has 0 amide bonds. The van der Waals surface area contributed by atoms with Crippen LogP contribution < -0.4 is 5.32 Å². The van der Waals surface area contributed by atoms with E-state index in [9.17, 15) is 0 Å². The molecule has 0 saturated heterocycles. The van der Waals surface area contributed by atoms with Crippen LogP contribution in [0.15, 0.2) is 12.3 Å². The number of nitrogens with zero attached hydrogens (tertiary/aromatic N) is 2. The van der Waals surface area contributed by atoms with Gasteiger partial charge in [-0.25, -0.2) is 0 Å². The van der Waals surface area contributed by atoms with Gasteiger partial charge in [-0.1, -0.05) is 13.8 Å². The molecule has 1 N–H and O–H groups in total. The molecule has 90 valence electrons. The highest BCUT2D eigenvalue weighted by Gasteiger charge is 2.28. The van der Waals surface area contributed by atoms with Gasteiger partial charge in [-0.05, 0) is 37.2 Å². The first kappa shape index (κ1) is 11.6. The predicted molar refractivity (Wildman–Crippen MR) is 66.3 cm³/mol. The summed E-state index contributed by atoms with van der Waals surface area (Å²) in [6.07, 6.45) is 7.03. The first-order valence-corrected chi connectivity index (χ1v) is 6.33. The van der Waals surface area contributed by atoms with E-state index in [4.69, 9.17) is 0 Å². The van der Waals surface area contributed by atoms with E-state index in [-0.39, 0.29) is 0 Å². The average molecular weight is 221 g/mol. The molecule has 0 radical (unpaired) electrons. The summed E-state index contributed by atoms with van der Waals surface area (Å²) < 4.78 is 1.89. The minimum atomic E-state index is 0.344. The Kier molecular flexibility index (Phi) is 3.33. The summed E-state index contributed by atoms with van der Waals surface area (Å²) in [5.41, 5.74) is 1.56. The van der Waals surface area contributed by atoms with Crippen molar-refractivity contribution in [1.82, 2.24) is 15.1 Å². The number of hydrogen-bond donors (Lipinski definition) is 1. The van der Waals surface area contributed by atoms with Crippen LogP contribution in [0, 0.1) is 5.41 Å². The molecule has 0 aromatic carbocycles. The van der Waals surface area contributed by atoms with Crippen LogP contribution >= 0.6 is 0 Å². The van der Waals surface area contributed by atoms with Crippen LogP contribution in [0.25, 0.3) is 0 Å². The van der Waals surface area contributed by atoms with Crippen LogP contribution in [0.3, 0.4) is 0 Å². The summed E-state index contributed by atoms with van der Waals surface area (Å²) in [7, 11) is 1.98. The van der Waals surface area contributed by atoms with Gasteiger partial charge in [-0.3, -0.25) is 4.68 Å². The number of rotatable bonds is 6. The van der Waals surface area contributed by atoms with Crippen molar-refractivity contribution in [3.8, 4) is 0 Å². The van der Waals surface area contributed by atoms with E-state index in [1.165, 1.54) is 25.0 Å². The molecule has 0 spiro atoms. The number of aryl methyl sites for hydroxylation is 1. The molecule has 3 heteroatoms. The first-order valence-electron chi connectivity index (χ1n) is 6.33. The molecule has 1 aromatic heterocycles. The van der Waals surface area contributed by atoms with Gasteiger partial charge < -0.3 is 5.32 Å². The highest BCUT2D eigenvalue weighted by molar-refractivity contribution is 5.03. The van der Waals surface area contributed by atoms with Gasteiger partial charge in [0.15, 0.2) is 0 Å². The second-order valence-corrected chi connectivity index (χ2v) is 5.48. The third kappa shape index (κ3) is 3.08. The van der Waals surface area contributed by atoms with Gasteiger partial charge in [-0.15, -0.1) is 0 Å². The van der Waals surface area contributed by atoms with Crippen LogP contribution in [-0.2, 0) is 13.5 Å². The largest absolute Gasteiger partial charge is 0.313 e. The zero-order chi connectivity index (χ0) is 11.6. The summed E-state index contributed by atoms with van der Waals surface area (Å²) in [4.78, 5) is 0. The lowest BCUT2D eigenvalue weighted by Gasteiger charge is -2.28. The van der Waals surface area contributed by atoms with E-state index >= 15 is 0 Å². The first-order chi connectivity index (χ1) is 7.61. The molecule has 1 heterocycles. The third-order valence-electron chi connectivity index (χ3n) is 3.63. The Hall–Kier alpha value is -0.830. The Bertz CT molecular complexity index is 341. The van der Waals surface area contributed by atoms with Gasteiger partial charge >= 0.3 is 0 Å². The lowest BCUT2D eigenvalue weighted by atomic mass is 9.82. The molecular formula is C13H23N3. The molecule has 2 rings (SSSR count). The zero-order valence-corrected chi connectivity index (χ0v) is 10.7. The topological polar surface area (TPSA) is 29.9 Å². The Balaban J connectivity index is 1.91. The van der Waals surface area contributed by atoms with E-state index in [2.05, 4.69) is 30.3 Å². The standard InChI is InChI=1S/C13H23N3/c1-4-13(2,10-14-11-5-6-11)9-12-7-8-16(3)15-12/h7-8,11,14H,4-6,9-10H2,1-3H3. The smallest absolute Gasteiger partial charge is 0.0630 e. The predicted octanol–water partition coefficient (Wildman–Crippen LogP) is 2.13. The number of hydrogen-bond acceptors (Lipinski definition) is 2. The van der Waals surface area contributed by atoms with E-state index in [1.807, 2.05) is 17.9 Å². The molecule has 1 aromatic rings. The molecule has 1 saturated carbocycles. The Morgan fingerprint density at radius 1 is 1.56 bits per heavy atom. The quantitative estimate of drug-likeness (QED) is 0.797. The molecule has 1 atom stereocenters. The van der Waals surface area contributed by atoms with Gasteiger partial charge in [0, 0.05) is 25.8 Å². The van der Waals surface area contributed by atoms with E-state index < -0.39 is 0 Å². The molecule has 0 bridgehead atoms. The zero-order valence-electron chi connectivity index (χ0n) is 10.7. The van der Waals surface area contributed by atoms with Crippen molar-refractivity contribution >= 4 is 0 Å². The molecule has 1 aliphatic rings. The third-order valence-corrected chi connectivity index (χ3v) is 3.63. The SMILES string of the molecule is CCC(C)(CNC1CC1)Cc1ccn(C)n1. The molecule has 3 nitrogen and oxygen atoms in total. The second kappa shape index (κ2) is 4.58. The number of aromatic nitrogens is 2. The Morgan fingerprint density at radius 2 is 2.31 bits per heavy atom. The van der Waals surface area contributed by atoms with E-state index in [0.717, 1.165) is 19.0 Å². The van der Waals surface area contributed by atoms with Crippen LogP contribution in [0.5, 0.6) is 0 Å². The summed E-state index contributed by atoms with van der Waals surface area (Å²) in [5, 5.41) is 8.12. The van der Waals surface area contributed by atoms with Crippen molar-refractivity contribution in [3.63, 3.8) is 0 Å². The molecule has 0 aliphatic heterocycles. The fourth-order valence-corrected chi connectivity index (χ4v) is 1.99. The fourth-order valence-electron chi connectivity index (χ4n) is 1.99. The summed E-state index contributed by atoms with van der Waals surface area (Å²) in [6.45, 7) is 5.75. The maximum absolute atomic E-state index is 4.48. The molecule has 1 unspecified atom stereocenters. The lowest BCUT2D eigenvalue weighted by molar-refractivity contribution is 0.286. The van der Waals surface area contributed by atoms with Gasteiger partial charge in [0.05, 0.1) is 5.69 Å². The van der Waals surface area contributed by atoms with E-state index in [0.29, 0.717) is 5.41 Å². The summed E-state index contributed by atoms with van der Waals surface area (Å²) in [5.74, 6) is 0. The summed E-state index contributed by atoms with van der Waals surface area (Å²) >= 11 is 0. The van der Waals surface area contributed by atoms with Crippen LogP contribution in [0.1, 0.15) is 38.8 Å². The van der Waals surface area contributed by atoms with Gasteiger partial charge in [-0.2, -0.15) is 5.10 Å². The van der Waals surface area contributed by atoms with Gasteiger partial charge in [0.25, 0.3) is 0 Å². The molecular weight excluding hydrogens is 198 g/mol. The highest BCUT2D eigenvalue weighted by Crippen LogP contribution is 2.27. The normalized spacial score (nSPS) is 19.7. The Labute approximate surface area is 98.2 Å². The average Bonchev–Trinajstić information content (AvgIpc) is 3.01. The monoisotopic (exact) mass is 221 g/mol. The highest BCUT2D eigenvalue weighted by atomic mass is 15.2. The fraction of sp³-hybridized carbons (Fsp3) is 0.769. The maximum atomic E-state index is 4.48. The van der Waals surface area contributed by atoms with Gasteiger partial charge in [0.1, 0.15) is 0 Å². The number of nitrogens with one attached hydrogen (secondary N) is 1. The summed E-state index contributed by atoms with van der Waals surface area (Å²) in [6, 6.07) is 2.93. The second-order valence-electron chi connectivity index (χ2n) is 5.48. The molecule has 16 heavy (non-hydrogen) atoms. The van der Waals surface area contributed by atoms with Crippen molar-refractivity contribution in [3.05, 3.63) is 18.0 Å². The minimum absolute atomic E-state index is 0.344. The van der Waals surface area contributed by atoms with Gasteiger partial charge in [0.2, 0.25) is 0 Å².